The van der Waals surface area contributed by atoms with Crippen LogP contribution in [0.4, 0.5) is 5.69 Å². The minimum absolute atomic E-state index is 0.0822. The number of methoxy groups -OCH3 is 1. The fourth-order valence-electron chi connectivity index (χ4n) is 2.76. The van der Waals surface area contributed by atoms with Gasteiger partial charge in [-0.15, -0.1) is 0 Å². The number of carbonyl (C=O) groups excluding carboxylic acids is 2. The van der Waals surface area contributed by atoms with Gasteiger partial charge in [0.2, 0.25) is 5.91 Å². The summed E-state index contributed by atoms with van der Waals surface area (Å²) in [5.74, 6) is 0.482. The summed E-state index contributed by atoms with van der Waals surface area (Å²) < 4.78 is 5.84. The number of hydrogen-bond donors (Lipinski definition) is 1. The predicted molar refractivity (Wildman–Crippen MR) is 117 cm³/mol. The zero-order chi connectivity index (χ0) is 19.9. The summed E-state index contributed by atoms with van der Waals surface area (Å²) in [6.45, 7) is 0.413. The smallest absolute Gasteiger partial charge is 0.266 e. The number of rotatable bonds is 7. The highest BCUT2D eigenvalue weighted by Crippen LogP contribution is 2.34. The Bertz CT molecular complexity index is 913. The van der Waals surface area contributed by atoms with Gasteiger partial charge in [0.25, 0.3) is 5.91 Å². The third-order valence-electron chi connectivity index (χ3n) is 4.14. The fourth-order valence-corrected chi connectivity index (χ4v) is 4.06. The van der Waals surface area contributed by atoms with Crippen molar-refractivity contribution in [2.75, 3.05) is 19.0 Å². The molecular formula is C21H20N2O3S2. The Balaban J connectivity index is 1.57. The lowest BCUT2D eigenvalue weighted by atomic mass is 10.2. The Hall–Kier alpha value is -2.64. The molecule has 1 heterocycles. The number of ether oxygens (including phenoxy) is 1. The predicted octanol–water partition coefficient (Wildman–Crippen LogP) is 4.32. The van der Waals surface area contributed by atoms with Crippen molar-refractivity contribution < 1.29 is 14.3 Å². The van der Waals surface area contributed by atoms with Crippen LogP contribution in [0.25, 0.3) is 6.08 Å². The molecule has 0 unspecified atom stereocenters. The van der Waals surface area contributed by atoms with Crippen LogP contribution in [0, 0.1) is 0 Å². The number of carbonyl (C=O) groups is 2. The Labute approximate surface area is 173 Å². The first kappa shape index (κ1) is 20.1. The van der Waals surface area contributed by atoms with Crippen LogP contribution in [0.2, 0.25) is 0 Å². The van der Waals surface area contributed by atoms with Crippen LogP contribution in [0.1, 0.15) is 18.4 Å². The first-order valence-electron chi connectivity index (χ1n) is 8.82. The van der Waals surface area contributed by atoms with Crippen LogP contribution in [-0.2, 0) is 9.59 Å². The minimum Gasteiger partial charge on any atom is -0.496 e. The van der Waals surface area contributed by atoms with E-state index in [1.807, 2.05) is 54.6 Å². The van der Waals surface area contributed by atoms with Crippen molar-refractivity contribution in [1.82, 2.24) is 4.90 Å². The molecule has 1 saturated heterocycles. The van der Waals surface area contributed by atoms with Gasteiger partial charge in [-0.25, -0.2) is 0 Å². The van der Waals surface area contributed by atoms with Gasteiger partial charge in [0.05, 0.1) is 12.0 Å². The summed E-state index contributed by atoms with van der Waals surface area (Å²) in [6.07, 6.45) is 2.64. The van der Waals surface area contributed by atoms with Crippen LogP contribution >= 0.6 is 24.0 Å². The molecule has 1 fully saturated rings. The molecular weight excluding hydrogens is 392 g/mol. The molecule has 0 radical (unpaired) electrons. The number of benzene rings is 2. The quantitative estimate of drug-likeness (QED) is 0.542. The highest BCUT2D eigenvalue weighted by atomic mass is 32.2. The molecule has 2 amide bonds. The number of nitrogens with one attached hydrogen (secondary N) is 1. The van der Waals surface area contributed by atoms with E-state index < -0.39 is 0 Å². The summed E-state index contributed by atoms with van der Waals surface area (Å²) >= 11 is 6.62. The molecule has 0 aromatic heterocycles. The number of thiocarbonyl (C=S) groups is 1. The second kappa shape index (κ2) is 9.52. The molecule has 28 heavy (non-hydrogen) atoms. The number of hydrogen-bond acceptors (Lipinski definition) is 5. The van der Waals surface area contributed by atoms with E-state index in [9.17, 15) is 9.59 Å². The van der Waals surface area contributed by atoms with Crippen LogP contribution in [0.15, 0.2) is 59.5 Å². The van der Waals surface area contributed by atoms with E-state index >= 15 is 0 Å². The van der Waals surface area contributed by atoms with E-state index in [4.69, 9.17) is 17.0 Å². The van der Waals surface area contributed by atoms with E-state index in [1.54, 1.807) is 18.1 Å². The Morgan fingerprint density at radius 3 is 2.64 bits per heavy atom. The van der Waals surface area contributed by atoms with E-state index in [1.165, 1.54) is 11.8 Å². The summed E-state index contributed by atoms with van der Waals surface area (Å²) in [6, 6.07) is 16.8. The lowest BCUT2D eigenvalue weighted by molar-refractivity contribution is -0.122. The molecule has 5 nitrogen and oxygen atoms in total. The van der Waals surface area contributed by atoms with Crippen molar-refractivity contribution >= 4 is 51.9 Å². The van der Waals surface area contributed by atoms with Gasteiger partial charge in [-0.05, 0) is 30.7 Å². The monoisotopic (exact) mass is 412 g/mol. The Kier molecular flexibility index (Phi) is 6.84. The van der Waals surface area contributed by atoms with Gasteiger partial charge in [0.15, 0.2) is 0 Å². The average molecular weight is 413 g/mol. The summed E-state index contributed by atoms with van der Waals surface area (Å²) in [4.78, 5) is 26.9. The molecule has 0 saturated carbocycles. The summed E-state index contributed by atoms with van der Waals surface area (Å²) in [5, 5.41) is 2.84. The van der Waals surface area contributed by atoms with E-state index in [0.717, 1.165) is 11.3 Å². The number of anilines is 1. The molecule has 7 heteroatoms. The first-order chi connectivity index (χ1) is 13.6. The maximum absolute atomic E-state index is 12.7. The van der Waals surface area contributed by atoms with Crippen LogP contribution < -0.4 is 10.1 Å². The first-order valence-corrected chi connectivity index (χ1v) is 10.0. The van der Waals surface area contributed by atoms with Gasteiger partial charge in [0.1, 0.15) is 10.1 Å². The van der Waals surface area contributed by atoms with Crippen LogP contribution in [0.3, 0.4) is 0 Å². The standard InChI is InChI=1S/C21H20N2O3S2/c1-26-17-11-6-5-8-15(17)14-18-20(25)23(21(27)28-18)13-7-12-19(24)22-16-9-3-2-4-10-16/h2-6,8-11,14H,7,12-13H2,1H3,(H,22,24)/b18-14-. The van der Waals surface area contributed by atoms with Gasteiger partial charge in [-0.3, -0.25) is 14.5 Å². The number of nitrogens with zero attached hydrogens (tertiary/aromatic N) is 1. The van der Waals surface area contributed by atoms with Crippen molar-refractivity contribution in [3.8, 4) is 5.75 Å². The molecule has 1 N–H and O–H groups in total. The normalized spacial score (nSPS) is 15.2. The number of para-hydroxylation sites is 2. The van der Waals surface area contributed by atoms with Gasteiger partial charge >= 0.3 is 0 Å². The lowest BCUT2D eigenvalue weighted by Gasteiger charge is -2.14. The minimum atomic E-state index is -0.135. The lowest BCUT2D eigenvalue weighted by Crippen LogP contribution is -2.29. The maximum Gasteiger partial charge on any atom is 0.266 e. The highest BCUT2D eigenvalue weighted by molar-refractivity contribution is 8.26. The zero-order valence-corrected chi connectivity index (χ0v) is 17.0. The topological polar surface area (TPSA) is 58.6 Å². The highest BCUT2D eigenvalue weighted by Gasteiger charge is 2.31. The molecule has 0 aliphatic carbocycles. The Morgan fingerprint density at radius 2 is 1.89 bits per heavy atom. The maximum atomic E-state index is 12.7. The molecule has 144 valence electrons. The molecule has 0 atom stereocenters. The molecule has 3 rings (SSSR count). The van der Waals surface area contributed by atoms with Crippen molar-refractivity contribution in [2.24, 2.45) is 0 Å². The largest absolute Gasteiger partial charge is 0.496 e. The van der Waals surface area contributed by atoms with Crippen LogP contribution in [0.5, 0.6) is 5.75 Å². The van der Waals surface area contributed by atoms with Gasteiger partial charge in [-0.2, -0.15) is 0 Å². The molecule has 2 aromatic rings. The van der Waals surface area contributed by atoms with Crippen molar-refractivity contribution in [3.63, 3.8) is 0 Å². The average Bonchev–Trinajstić information content (AvgIpc) is 2.96. The van der Waals surface area contributed by atoms with Crippen LogP contribution in [-0.4, -0.2) is 34.7 Å². The van der Waals surface area contributed by atoms with Gasteiger partial charge in [-0.1, -0.05) is 60.4 Å². The molecule has 1 aliphatic heterocycles. The second-order valence-corrected chi connectivity index (χ2v) is 7.77. The SMILES string of the molecule is COc1ccccc1/C=C1\SC(=S)N(CCCC(=O)Nc2ccccc2)C1=O. The zero-order valence-electron chi connectivity index (χ0n) is 15.4. The van der Waals surface area contributed by atoms with Crippen molar-refractivity contribution in [2.45, 2.75) is 12.8 Å². The Morgan fingerprint density at radius 1 is 1.18 bits per heavy atom. The third kappa shape index (κ3) is 4.99. The van der Waals surface area contributed by atoms with E-state index in [-0.39, 0.29) is 11.8 Å². The third-order valence-corrected chi connectivity index (χ3v) is 5.52. The van der Waals surface area contributed by atoms with Crippen molar-refractivity contribution in [3.05, 3.63) is 65.1 Å². The molecule has 0 bridgehead atoms. The molecule has 2 aromatic carbocycles. The number of amides is 2. The number of thioether (sulfide) groups is 1. The molecule has 0 spiro atoms. The second-order valence-electron chi connectivity index (χ2n) is 6.09. The molecule has 1 aliphatic rings. The van der Waals surface area contributed by atoms with E-state index in [2.05, 4.69) is 5.32 Å². The van der Waals surface area contributed by atoms with Crippen molar-refractivity contribution in [1.29, 1.82) is 0 Å². The van der Waals surface area contributed by atoms with Gasteiger partial charge in [0, 0.05) is 24.2 Å². The summed E-state index contributed by atoms with van der Waals surface area (Å²) in [5.41, 5.74) is 1.59. The fraction of sp³-hybridized carbons (Fsp3) is 0.190. The van der Waals surface area contributed by atoms with E-state index in [0.29, 0.717) is 34.4 Å². The summed E-state index contributed by atoms with van der Waals surface area (Å²) in [7, 11) is 1.60. The van der Waals surface area contributed by atoms with Gasteiger partial charge < -0.3 is 10.1 Å².